The summed E-state index contributed by atoms with van der Waals surface area (Å²) in [6.45, 7) is 4.11. The number of pyridine rings is 1. The number of nitrogens with zero attached hydrogens (tertiary/aromatic N) is 2. The van der Waals surface area contributed by atoms with Crippen molar-refractivity contribution in [1.82, 2.24) is 15.4 Å². The summed E-state index contributed by atoms with van der Waals surface area (Å²) in [5.74, 6) is 5.58. The number of aryl methyl sites for hydroxylation is 2. The minimum Gasteiger partial charge on any atom is -0.271 e. The molecule has 0 aromatic carbocycles. The Hall–Kier alpha value is -1.30. The van der Waals surface area contributed by atoms with E-state index < -0.39 is 0 Å². The third-order valence-corrected chi connectivity index (χ3v) is 3.79. The Morgan fingerprint density at radius 3 is 2.76 bits per heavy atom. The molecule has 17 heavy (non-hydrogen) atoms. The van der Waals surface area contributed by atoms with Crippen LogP contribution in [0.1, 0.15) is 27.3 Å². The highest BCUT2D eigenvalue weighted by atomic mass is 32.1. The molecule has 90 valence electrons. The van der Waals surface area contributed by atoms with E-state index in [1.807, 2.05) is 25.1 Å². The predicted molar refractivity (Wildman–Crippen MR) is 69.6 cm³/mol. The quantitative estimate of drug-likeness (QED) is 0.641. The van der Waals surface area contributed by atoms with E-state index in [4.69, 9.17) is 5.84 Å². The summed E-state index contributed by atoms with van der Waals surface area (Å²) in [7, 11) is 0. The van der Waals surface area contributed by atoms with Crippen LogP contribution in [0.25, 0.3) is 0 Å². The number of hydrogen-bond acceptors (Lipinski definition) is 5. The molecule has 0 saturated heterocycles. The standard InChI is InChI=1S/C12H16N4S/c1-8-9(2)17-12(15-8)7-11(16-13)10-5-3-4-6-14-10/h3-6,11,16H,7,13H2,1-2H3. The first-order valence-electron chi connectivity index (χ1n) is 5.50. The van der Waals surface area contributed by atoms with Crippen molar-refractivity contribution < 1.29 is 0 Å². The molecule has 0 spiro atoms. The van der Waals surface area contributed by atoms with Gasteiger partial charge in [0.05, 0.1) is 22.4 Å². The molecule has 2 aromatic heterocycles. The average Bonchev–Trinajstić information content (AvgIpc) is 2.67. The van der Waals surface area contributed by atoms with Crippen molar-refractivity contribution in [3.05, 3.63) is 45.7 Å². The van der Waals surface area contributed by atoms with Crippen LogP contribution in [0, 0.1) is 13.8 Å². The molecule has 0 aliphatic rings. The number of thiazole rings is 1. The minimum absolute atomic E-state index is 0.0150. The first-order valence-corrected chi connectivity index (χ1v) is 6.32. The van der Waals surface area contributed by atoms with Gasteiger partial charge in [-0.3, -0.25) is 16.3 Å². The Morgan fingerprint density at radius 1 is 1.41 bits per heavy atom. The van der Waals surface area contributed by atoms with Crippen LogP contribution in [0.3, 0.4) is 0 Å². The lowest BCUT2D eigenvalue weighted by molar-refractivity contribution is 0.537. The van der Waals surface area contributed by atoms with Crippen LogP contribution in [-0.4, -0.2) is 9.97 Å². The van der Waals surface area contributed by atoms with E-state index in [0.29, 0.717) is 0 Å². The van der Waals surface area contributed by atoms with Gasteiger partial charge in [-0.2, -0.15) is 0 Å². The zero-order valence-electron chi connectivity index (χ0n) is 9.97. The Balaban J connectivity index is 2.15. The minimum atomic E-state index is 0.0150. The Labute approximate surface area is 105 Å². The lowest BCUT2D eigenvalue weighted by Crippen LogP contribution is -2.30. The van der Waals surface area contributed by atoms with Crippen LogP contribution in [0.15, 0.2) is 24.4 Å². The van der Waals surface area contributed by atoms with Gasteiger partial charge in [0.15, 0.2) is 0 Å². The maximum Gasteiger partial charge on any atom is 0.0950 e. The first kappa shape index (κ1) is 12.2. The summed E-state index contributed by atoms with van der Waals surface area (Å²) >= 11 is 1.72. The number of aromatic nitrogens is 2. The van der Waals surface area contributed by atoms with Gasteiger partial charge in [-0.1, -0.05) is 6.07 Å². The van der Waals surface area contributed by atoms with Crippen molar-refractivity contribution in [2.24, 2.45) is 5.84 Å². The maximum atomic E-state index is 5.58. The van der Waals surface area contributed by atoms with Crippen molar-refractivity contribution in [2.45, 2.75) is 26.3 Å². The fourth-order valence-electron chi connectivity index (χ4n) is 1.63. The van der Waals surface area contributed by atoms with Gasteiger partial charge in [-0.25, -0.2) is 4.98 Å². The van der Waals surface area contributed by atoms with Gasteiger partial charge in [0.2, 0.25) is 0 Å². The van der Waals surface area contributed by atoms with Gasteiger partial charge in [-0.05, 0) is 26.0 Å². The smallest absolute Gasteiger partial charge is 0.0950 e. The molecule has 5 heteroatoms. The highest BCUT2D eigenvalue weighted by molar-refractivity contribution is 7.11. The number of hydrogen-bond donors (Lipinski definition) is 2. The zero-order chi connectivity index (χ0) is 12.3. The topological polar surface area (TPSA) is 63.8 Å². The van der Waals surface area contributed by atoms with Gasteiger partial charge in [-0.15, -0.1) is 11.3 Å². The van der Waals surface area contributed by atoms with Gasteiger partial charge >= 0.3 is 0 Å². The summed E-state index contributed by atoms with van der Waals surface area (Å²) in [6, 6.07) is 5.85. The summed E-state index contributed by atoms with van der Waals surface area (Å²) < 4.78 is 0. The average molecular weight is 248 g/mol. The lowest BCUT2D eigenvalue weighted by Gasteiger charge is -2.13. The van der Waals surface area contributed by atoms with Crippen molar-refractivity contribution in [2.75, 3.05) is 0 Å². The number of nitrogens with one attached hydrogen (secondary N) is 1. The normalized spacial score (nSPS) is 12.6. The number of hydrazine groups is 1. The summed E-state index contributed by atoms with van der Waals surface area (Å²) in [5.41, 5.74) is 4.84. The second-order valence-electron chi connectivity index (χ2n) is 3.93. The third kappa shape index (κ3) is 2.88. The SMILES string of the molecule is Cc1nc(CC(NN)c2ccccn2)sc1C. The van der Waals surface area contributed by atoms with Crippen molar-refractivity contribution in [3.8, 4) is 0 Å². The summed E-state index contributed by atoms with van der Waals surface area (Å²) in [6.07, 6.45) is 2.55. The van der Waals surface area contributed by atoms with Crippen LogP contribution >= 0.6 is 11.3 Å². The zero-order valence-corrected chi connectivity index (χ0v) is 10.8. The fraction of sp³-hybridized carbons (Fsp3) is 0.333. The molecule has 1 atom stereocenters. The van der Waals surface area contributed by atoms with E-state index in [-0.39, 0.29) is 6.04 Å². The Kier molecular flexibility index (Phi) is 3.83. The van der Waals surface area contributed by atoms with Gasteiger partial charge in [0.1, 0.15) is 0 Å². The van der Waals surface area contributed by atoms with E-state index in [1.54, 1.807) is 17.5 Å². The van der Waals surface area contributed by atoms with Crippen LogP contribution in [0.4, 0.5) is 0 Å². The molecule has 0 fully saturated rings. The first-order chi connectivity index (χ1) is 8.20. The second-order valence-corrected chi connectivity index (χ2v) is 5.21. The van der Waals surface area contributed by atoms with Crippen LogP contribution in [-0.2, 0) is 6.42 Å². The Morgan fingerprint density at radius 2 is 2.24 bits per heavy atom. The third-order valence-electron chi connectivity index (χ3n) is 2.70. The van der Waals surface area contributed by atoms with Crippen molar-refractivity contribution in [1.29, 1.82) is 0 Å². The van der Waals surface area contributed by atoms with E-state index in [9.17, 15) is 0 Å². The molecule has 0 saturated carbocycles. The highest BCUT2D eigenvalue weighted by Crippen LogP contribution is 2.22. The molecule has 2 aromatic rings. The molecule has 0 aliphatic heterocycles. The van der Waals surface area contributed by atoms with E-state index >= 15 is 0 Å². The lowest BCUT2D eigenvalue weighted by atomic mass is 10.1. The molecule has 4 nitrogen and oxygen atoms in total. The molecule has 0 radical (unpaired) electrons. The second kappa shape index (κ2) is 5.35. The maximum absolute atomic E-state index is 5.58. The molecular formula is C12H16N4S. The van der Waals surface area contributed by atoms with Gasteiger partial charge < -0.3 is 0 Å². The van der Waals surface area contributed by atoms with Crippen LogP contribution < -0.4 is 11.3 Å². The molecule has 1 unspecified atom stereocenters. The number of rotatable bonds is 4. The Bertz CT molecular complexity index is 461. The molecule has 0 bridgehead atoms. The monoisotopic (exact) mass is 248 g/mol. The van der Waals surface area contributed by atoms with Crippen LogP contribution in [0.2, 0.25) is 0 Å². The largest absolute Gasteiger partial charge is 0.271 e. The number of nitrogens with two attached hydrogens (primary N) is 1. The fourth-order valence-corrected chi connectivity index (χ4v) is 2.61. The van der Waals surface area contributed by atoms with Crippen molar-refractivity contribution in [3.63, 3.8) is 0 Å². The summed E-state index contributed by atoms with van der Waals surface area (Å²) in [5, 5.41) is 1.09. The molecule has 2 rings (SSSR count). The molecule has 2 heterocycles. The molecule has 0 amide bonds. The van der Waals surface area contributed by atoms with E-state index in [1.165, 1.54) is 4.88 Å². The van der Waals surface area contributed by atoms with E-state index in [2.05, 4.69) is 22.3 Å². The van der Waals surface area contributed by atoms with Gasteiger partial charge in [0, 0.05) is 17.5 Å². The van der Waals surface area contributed by atoms with Gasteiger partial charge in [0.25, 0.3) is 0 Å². The summed E-state index contributed by atoms with van der Waals surface area (Å²) in [4.78, 5) is 10.1. The molecule has 3 N–H and O–H groups in total. The molecule has 0 aliphatic carbocycles. The van der Waals surface area contributed by atoms with Crippen LogP contribution in [0.5, 0.6) is 0 Å². The predicted octanol–water partition coefficient (Wildman–Crippen LogP) is 1.90. The van der Waals surface area contributed by atoms with E-state index in [0.717, 1.165) is 22.8 Å². The van der Waals surface area contributed by atoms with Crippen molar-refractivity contribution >= 4 is 11.3 Å². The molecular weight excluding hydrogens is 232 g/mol. The highest BCUT2D eigenvalue weighted by Gasteiger charge is 2.14.